The summed E-state index contributed by atoms with van der Waals surface area (Å²) in [7, 11) is 1.82. The normalized spacial score (nSPS) is 39.5. The molecule has 3 aliphatic rings. The minimum Gasteiger partial charge on any atom is -0.385 e. The third-order valence-corrected chi connectivity index (χ3v) is 4.43. The molecule has 62 valence electrons. The smallest absolute Gasteiger partial charge is 0.0465 e. The molecule has 0 unspecified atom stereocenters. The molecule has 0 N–H and O–H groups in total. The molecule has 0 aromatic rings. The van der Waals surface area contributed by atoms with E-state index in [2.05, 4.69) is 0 Å². The van der Waals surface area contributed by atoms with Gasteiger partial charge in [-0.15, -0.1) is 0 Å². The van der Waals surface area contributed by atoms with Gasteiger partial charge in [-0.3, -0.25) is 0 Å². The van der Waals surface area contributed by atoms with Gasteiger partial charge in [-0.25, -0.2) is 0 Å². The van der Waals surface area contributed by atoms with Crippen LogP contribution in [0.25, 0.3) is 0 Å². The van der Waals surface area contributed by atoms with Gasteiger partial charge in [0.25, 0.3) is 0 Å². The van der Waals surface area contributed by atoms with E-state index >= 15 is 0 Å². The second-order valence-electron chi connectivity index (χ2n) is 4.65. The summed E-state index contributed by atoms with van der Waals surface area (Å²) in [5, 5.41) is 0. The van der Waals surface area contributed by atoms with Crippen LogP contribution in [0.15, 0.2) is 0 Å². The Balaban J connectivity index is 1.65. The highest BCUT2D eigenvalue weighted by molar-refractivity contribution is 5.34. The summed E-state index contributed by atoms with van der Waals surface area (Å²) in [6.07, 6.45) is 7.52. The van der Waals surface area contributed by atoms with Gasteiger partial charge < -0.3 is 4.74 Å². The van der Waals surface area contributed by atoms with E-state index in [0.717, 1.165) is 23.4 Å². The minimum absolute atomic E-state index is 0.894. The Morgan fingerprint density at radius 1 is 1.18 bits per heavy atom. The molecule has 0 saturated heterocycles. The van der Waals surface area contributed by atoms with E-state index in [1.165, 1.54) is 6.42 Å². The second-order valence-corrected chi connectivity index (χ2v) is 4.65. The molecule has 0 amide bonds. The lowest BCUT2D eigenvalue weighted by atomic mass is 10.2. The average Bonchev–Trinajstić information content (AvgIpc) is 2.84. The van der Waals surface area contributed by atoms with Gasteiger partial charge in [0.2, 0.25) is 0 Å². The van der Waals surface area contributed by atoms with Gasteiger partial charge in [-0.05, 0) is 48.9 Å². The molecule has 1 nitrogen and oxygen atoms in total. The number of hydrogen-bond acceptors (Lipinski definition) is 1. The minimum atomic E-state index is 0.894. The van der Waals surface area contributed by atoms with Gasteiger partial charge in [-0.1, -0.05) is 0 Å². The molecule has 0 aromatic heterocycles. The third-order valence-electron chi connectivity index (χ3n) is 4.43. The number of methoxy groups -OCH3 is 1. The Morgan fingerprint density at radius 3 is 2.09 bits per heavy atom. The van der Waals surface area contributed by atoms with E-state index in [1.54, 1.807) is 25.7 Å². The van der Waals surface area contributed by atoms with Gasteiger partial charge in [0.05, 0.1) is 0 Å². The summed E-state index contributed by atoms with van der Waals surface area (Å²) < 4.78 is 5.13. The van der Waals surface area contributed by atoms with Crippen LogP contribution in [-0.2, 0) is 4.74 Å². The Morgan fingerprint density at radius 2 is 1.73 bits per heavy atom. The fourth-order valence-corrected chi connectivity index (χ4v) is 3.59. The summed E-state index contributed by atoms with van der Waals surface area (Å²) in [6, 6.07) is 0. The molecular formula is C10H16O. The summed E-state index contributed by atoms with van der Waals surface area (Å²) in [6.45, 7) is 0.994. The molecular weight excluding hydrogens is 136 g/mol. The van der Waals surface area contributed by atoms with E-state index in [0.29, 0.717) is 0 Å². The fourth-order valence-electron chi connectivity index (χ4n) is 3.59. The van der Waals surface area contributed by atoms with Gasteiger partial charge in [0, 0.05) is 13.7 Å². The lowest BCUT2D eigenvalue weighted by molar-refractivity contribution is 0.186. The summed E-state index contributed by atoms with van der Waals surface area (Å²) in [4.78, 5) is 0. The summed E-state index contributed by atoms with van der Waals surface area (Å²) in [5.41, 5.74) is 1.79. The van der Waals surface area contributed by atoms with Crippen LogP contribution in [0.2, 0.25) is 0 Å². The molecule has 11 heavy (non-hydrogen) atoms. The van der Waals surface area contributed by atoms with Gasteiger partial charge >= 0.3 is 0 Å². The van der Waals surface area contributed by atoms with Crippen LogP contribution in [0.3, 0.4) is 0 Å². The average molecular weight is 152 g/mol. The first-order chi connectivity index (χ1) is 5.36. The molecule has 3 fully saturated rings. The van der Waals surface area contributed by atoms with Crippen LogP contribution in [0, 0.1) is 16.7 Å². The van der Waals surface area contributed by atoms with Crippen molar-refractivity contribution < 1.29 is 4.74 Å². The predicted octanol–water partition coefficient (Wildman–Crippen LogP) is 2.21. The van der Waals surface area contributed by atoms with E-state index < -0.39 is 0 Å². The van der Waals surface area contributed by atoms with Crippen LogP contribution in [0.5, 0.6) is 0 Å². The molecule has 3 rings (SSSR count). The SMILES string of the molecule is COCCC1C2(CC2)C12CC2. The molecule has 2 spiro atoms. The van der Waals surface area contributed by atoms with Crippen molar-refractivity contribution in [3.8, 4) is 0 Å². The van der Waals surface area contributed by atoms with Crippen molar-refractivity contribution in [2.45, 2.75) is 32.1 Å². The quantitative estimate of drug-likeness (QED) is 0.602. The van der Waals surface area contributed by atoms with Crippen molar-refractivity contribution in [3.05, 3.63) is 0 Å². The maximum atomic E-state index is 5.13. The first-order valence-corrected chi connectivity index (χ1v) is 4.85. The Hall–Kier alpha value is -0.0400. The molecule has 0 atom stereocenters. The summed E-state index contributed by atoms with van der Waals surface area (Å²) >= 11 is 0. The van der Waals surface area contributed by atoms with Gasteiger partial charge in [0.15, 0.2) is 0 Å². The van der Waals surface area contributed by atoms with Crippen LogP contribution in [0.4, 0.5) is 0 Å². The molecule has 0 heterocycles. The van der Waals surface area contributed by atoms with Crippen molar-refractivity contribution in [2.75, 3.05) is 13.7 Å². The van der Waals surface area contributed by atoms with Crippen molar-refractivity contribution in [1.82, 2.24) is 0 Å². The lowest BCUT2D eigenvalue weighted by Gasteiger charge is -1.95. The van der Waals surface area contributed by atoms with Crippen molar-refractivity contribution in [2.24, 2.45) is 16.7 Å². The predicted molar refractivity (Wildman–Crippen MR) is 43.3 cm³/mol. The molecule has 3 aliphatic carbocycles. The zero-order valence-electron chi connectivity index (χ0n) is 7.23. The maximum absolute atomic E-state index is 5.13. The van der Waals surface area contributed by atoms with Crippen LogP contribution < -0.4 is 0 Å². The number of rotatable bonds is 3. The highest BCUT2D eigenvalue weighted by Crippen LogP contribution is 2.93. The van der Waals surface area contributed by atoms with E-state index in [4.69, 9.17) is 4.74 Å². The zero-order valence-corrected chi connectivity index (χ0v) is 7.23. The zero-order chi connectivity index (χ0) is 7.53. The standard InChI is InChI=1S/C10H16O/c1-11-7-2-8-9(3-4-9)10(8)5-6-10/h8H,2-7H2,1H3. The lowest BCUT2D eigenvalue weighted by Crippen LogP contribution is -1.91. The van der Waals surface area contributed by atoms with E-state index in [9.17, 15) is 0 Å². The number of hydrogen-bond donors (Lipinski definition) is 0. The molecule has 0 bridgehead atoms. The highest BCUT2D eigenvalue weighted by atomic mass is 16.5. The third kappa shape index (κ3) is 0.581. The van der Waals surface area contributed by atoms with Gasteiger partial charge in [-0.2, -0.15) is 0 Å². The fraction of sp³-hybridized carbons (Fsp3) is 1.00. The number of fused-ring (bicyclic) bond motifs is 1. The van der Waals surface area contributed by atoms with E-state index in [-0.39, 0.29) is 0 Å². The topological polar surface area (TPSA) is 9.23 Å². The second kappa shape index (κ2) is 1.66. The molecule has 0 aromatic carbocycles. The molecule has 0 aliphatic heterocycles. The highest BCUT2D eigenvalue weighted by Gasteiger charge is 2.85. The van der Waals surface area contributed by atoms with Crippen molar-refractivity contribution in [1.29, 1.82) is 0 Å². The Kier molecular flexibility index (Phi) is 0.976. The van der Waals surface area contributed by atoms with Gasteiger partial charge in [0.1, 0.15) is 0 Å². The number of ether oxygens (including phenoxy) is 1. The maximum Gasteiger partial charge on any atom is 0.0465 e. The van der Waals surface area contributed by atoms with Crippen LogP contribution >= 0.6 is 0 Å². The van der Waals surface area contributed by atoms with Crippen molar-refractivity contribution in [3.63, 3.8) is 0 Å². The molecule has 3 saturated carbocycles. The first-order valence-electron chi connectivity index (χ1n) is 4.85. The van der Waals surface area contributed by atoms with Crippen LogP contribution in [0.1, 0.15) is 32.1 Å². The van der Waals surface area contributed by atoms with Crippen LogP contribution in [-0.4, -0.2) is 13.7 Å². The monoisotopic (exact) mass is 152 g/mol. The summed E-state index contributed by atoms with van der Waals surface area (Å²) in [5.74, 6) is 1.08. The first kappa shape index (κ1) is 6.47. The Labute approximate surface area is 68.1 Å². The Bertz CT molecular complexity index is 171. The van der Waals surface area contributed by atoms with Crippen molar-refractivity contribution >= 4 is 0 Å². The molecule has 0 radical (unpaired) electrons. The van der Waals surface area contributed by atoms with E-state index in [1.807, 2.05) is 7.11 Å². The largest absolute Gasteiger partial charge is 0.385 e. The molecule has 1 heteroatoms.